The molecular weight excluding hydrogens is 389 g/mol. The molecule has 10 heteroatoms. The smallest absolute Gasteiger partial charge is 0.275 e. The highest BCUT2D eigenvalue weighted by Crippen LogP contribution is 2.33. The van der Waals surface area contributed by atoms with Gasteiger partial charge in [-0.3, -0.25) is 25.1 Å². The lowest BCUT2D eigenvalue weighted by molar-refractivity contribution is -0.122. The quantitative estimate of drug-likeness (QED) is 0.650. The van der Waals surface area contributed by atoms with Crippen LogP contribution in [0.1, 0.15) is 27.5 Å². The summed E-state index contributed by atoms with van der Waals surface area (Å²) >= 11 is 6.05. The van der Waals surface area contributed by atoms with E-state index in [1.54, 1.807) is 0 Å². The second-order valence-electron chi connectivity index (χ2n) is 6.15. The number of halogens is 2. The highest BCUT2D eigenvalue weighted by molar-refractivity contribution is 6.33. The highest BCUT2D eigenvalue weighted by Gasteiger charge is 2.25. The van der Waals surface area contributed by atoms with Crippen molar-refractivity contribution in [2.45, 2.75) is 27.3 Å². The minimum atomic E-state index is -0.713. The number of carbonyl (C=O) groups excluding carboxylic acids is 2. The van der Waals surface area contributed by atoms with E-state index in [4.69, 9.17) is 16.1 Å². The molecule has 0 aliphatic rings. The van der Waals surface area contributed by atoms with Crippen LogP contribution in [0.4, 0.5) is 4.39 Å². The topological polar surface area (TPSA) is 102 Å². The first kappa shape index (κ1) is 19.6. The number of nitrogens with zero attached hydrogens (tertiary/aromatic N) is 3. The van der Waals surface area contributed by atoms with Crippen LogP contribution in [-0.4, -0.2) is 26.8 Å². The van der Waals surface area contributed by atoms with Gasteiger partial charge in [0.05, 0.1) is 16.3 Å². The second-order valence-corrected chi connectivity index (χ2v) is 6.55. The first-order valence-corrected chi connectivity index (χ1v) is 8.66. The summed E-state index contributed by atoms with van der Waals surface area (Å²) in [6.07, 6.45) is 0. The summed E-state index contributed by atoms with van der Waals surface area (Å²) in [4.78, 5) is 24.6. The fourth-order valence-electron chi connectivity index (χ4n) is 2.73. The van der Waals surface area contributed by atoms with Crippen molar-refractivity contribution in [1.29, 1.82) is 0 Å². The van der Waals surface area contributed by atoms with E-state index >= 15 is 0 Å². The largest absolute Gasteiger partial charge is 0.360 e. The number of amides is 2. The van der Waals surface area contributed by atoms with E-state index in [9.17, 15) is 14.0 Å². The van der Waals surface area contributed by atoms with Gasteiger partial charge in [-0.15, -0.1) is 0 Å². The van der Waals surface area contributed by atoms with Crippen molar-refractivity contribution >= 4 is 23.4 Å². The Bertz CT molecular complexity index is 1040. The Balaban J connectivity index is 1.76. The van der Waals surface area contributed by atoms with E-state index in [1.807, 2.05) is 19.9 Å². The van der Waals surface area contributed by atoms with Crippen LogP contribution in [0.15, 0.2) is 28.8 Å². The zero-order chi connectivity index (χ0) is 20.4. The number of hydrogen-bond acceptors (Lipinski definition) is 5. The molecule has 3 rings (SSSR count). The van der Waals surface area contributed by atoms with Crippen LogP contribution in [0.2, 0.25) is 5.02 Å². The summed E-state index contributed by atoms with van der Waals surface area (Å²) in [6.45, 7) is 5.05. The van der Waals surface area contributed by atoms with Gasteiger partial charge in [0.25, 0.3) is 11.8 Å². The summed E-state index contributed by atoms with van der Waals surface area (Å²) in [6, 6.07) is 5.94. The van der Waals surface area contributed by atoms with Gasteiger partial charge in [0, 0.05) is 5.69 Å². The van der Waals surface area contributed by atoms with Gasteiger partial charge in [-0.25, -0.2) is 4.39 Å². The summed E-state index contributed by atoms with van der Waals surface area (Å²) in [7, 11) is 0. The third-order valence-electron chi connectivity index (χ3n) is 4.00. The maximum atomic E-state index is 14.2. The van der Waals surface area contributed by atoms with Gasteiger partial charge in [0.1, 0.15) is 29.4 Å². The van der Waals surface area contributed by atoms with E-state index in [-0.39, 0.29) is 34.1 Å². The predicted molar refractivity (Wildman–Crippen MR) is 99.0 cm³/mol. The molecule has 2 N–H and O–H groups in total. The minimum Gasteiger partial charge on any atom is -0.360 e. The Hall–Kier alpha value is -3.20. The summed E-state index contributed by atoms with van der Waals surface area (Å²) in [5, 5.41) is 8.01. The van der Waals surface area contributed by atoms with E-state index in [0.29, 0.717) is 0 Å². The molecule has 0 atom stereocenters. The Morgan fingerprint density at radius 2 is 2.00 bits per heavy atom. The Morgan fingerprint density at radius 3 is 2.64 bits per heavy atom. The number of benzene rings is 1. The number of aromatic nitrogens is 3. The number of rotatable bonds is 4. The molecule has 0 saturated heterocycles. The zero-order valence-corrected chi connectivity index (χ0v) is 16.1. The molecule has 0 unspecified atom stereocenters. The molecule has 0 fully saturated rings. The van der Waals surface area contributed by atoms with Crippen molar-refractivity contribution < 1.29 is 18.5 Å². The lowest BCUT2D eigenvalue weighted by Crippen LogP contribution is -2.43. The van der Waals surface area contributed by atoms with Gasteiger partial charge in [-0.2, -0.15) is 5.10 Å². The molecule has 146 valence electrons. The van der Waals surface area contributed by atoms with Gasteiger partial charge in [-0.1, -0.05) is 22.8 Å². The van der Waals surface area contributed by atoms with Gasteiger partial charge in [0.15, 0.2) is 0 Å². The minimum absolute atomic E-state index is 0.0292. The highest BCUT2D eigenvalue weighted by atomic mass is 35.5. The van der Waals surface area contributed by atoms with Crippen molar-refractivity contribution in [3.8, 4) is 11.3 Å². The molecule has 8 nitrogen and oxygen atoms in total. The molecule has 2 aromatic heterocycles. The lowest BCUT2D eigenvalue weighted by Gasteiger charge is -2.09. The number of hydrogen-bond donors (Lipinski definition) is 2. The van der Waals surface area contributed by atoms with Crippen LogP contribution < -0.4 is 10.9 Å². The van der Waals surface area contributed by atoms with Crippen molar-refractivity contribution in [2.24, 2.45) is 0 Å². The molecule has 0 bridgehead atoms. The molecule has 0 aliphatic carbocycles. The van der Waals surface area contributed by atoms with Crippen LogP contribution in [0.3, 0.4) is 0 Å². The third-order valence-corrected chi connectivity index (χ3v) is 4.32. The molecule has 0 aliphatic heterocycles. The Morgan fingerprint density at radius 1 is 1.25 bits per heavy atom. The summed E-state index contributed by atoms with van der Waals surface area (Å²) in [5.74, 6) is -1.70. The van der Waals surface area contributed by atoms with Crippen molar-refractivity contribution in [3.05, 3.63) is 57.8 Å². The normalized spacial score (nSPS) is 10.8. The van der Waals surface area contributed by atoms with Crippen molar-refractivity contribution in [3.63, 3.8) is 0 Å². The van der Waals surface area contributed by atoms with Gasteiger partial charge in [0.2, 0.25) is 0 Å². The van der Waals surface area contributed by atoms with Crippen molar-refractivity contribution in [1.82, 2.24) is 25.8 Å². The van der Waals surface area contributed by atoms with E-state index in [1.165, 1.54) is 29.8 Å². The van der Waals surface area contributed by atoms with Gasteiger partial charge < -0.3 is 4.52 Å². The monoisotopic (exact) mass is 405 g/mol. The standard InChI is InChI=1S/C18H17ClFN5O3/c1-9-7-10(2)25(23-9)8-14(26)21-22-18(27)15-11(3)28-24-17(15)16-12(19)5-4-6-13(16)20/h4-7H,8H2,1-3H3,(H,21,26)(H,22,27). The fraction of sp³-hybridized carbons (Fsp3) is 0.222. The van der Waals surface area contributed by atoms with Gasteiger partial charge in [-0.05, 0) is 39.0 Å². The molecule has 3 aromatic rings. The molecule has 2 heterocycles. The first-order chi connectivity index (χ1) is 13.3. The van der Waals surface area contributed by atoms with Crippen LogP contribution in [-0.2, 0) is 11.3 Å². The molecule has 1 aromatic carbocycles. The number of carbonyl (C=O) groups is 2. The van der Waals surface area contributed by atoms with Gasteiger partial charge >= 0.3 is 0 Å². The van der Waals surface area contributed by atoms with E-state index in [0.717, 1.165) is 11.4 Å². The van der Waals surface area contributed by atoms with Crippen LogP contribution >= 0.6 is 11.6 Å². The molecule has 0 radical (unpaired) electrons. The number of hydrazine groups is 1. The molecule has 28 heavy (non-hydrogen) atoms. The molecular formula is C18H17ClFN5O3. The Labute approximate surface area is 164 Å². The Kier molecular flexibility index (Phi) is 5.46. The first-order valence-electron chi connectivity index (χ1n) is 8.28. The number of aryl methyl sites for hydroxylation is 3. The average molecular weight is 406 g/mol. The summed E-state index contributed by atoms with van der Waals surface area (Å²) < 4.78 is 20.8. The maximum Gasteiger partial charge on any atom is 0.275 e. The number of nitrogens with one attached hydrogen (secondary N) is 2. The predicted octanol–water partition coefficient (Wildman–Crippen LogP) is 2.72. The van der Waals surface area contributed by atoms with Crippen LogP contribution in [0, 0.1) is 26.6 Å². The lowest BCUT2D eigenvalue weighted by atomic mass is 10.1. The molecule has 0 spiro atoms. The van der Waals surface area contributed by atoms with E-state index in [2.05, 4.69) is 21.1 Å². The van der Waals surface area contributed by atoms with Crippen LogP contribution in [0.5, 0.6) is 0 Å². The van der Waals surface area contributed by atoms with E-state index < -0.39 is 17.6 Å². The third kappa shape index (κ3) is 3.89. The molecule has 0 saturated carbocycles. The second kappa shape index (κ2) is 7.81. The zero-order valence-electron chi connectivity index (χ0n) is 15.3. The van der Waals surface area contributed by atoms with Crippen molar-refractivity contribution in [2.75, 3.05) is 0 Å². The van der Waals surface area contributed by atoms with Crippen LogP contribution in [0.25, 0.3) is 11.3 Å². The molecule has 2 amide bonds. The SMILES string of the molecule is Cc1cc(C)n(CC(=O)NNC(=O)c2c(-c3c(F)cccc3Cl)noc2C)n1. The average Bonchev–Trinajstić information content (AvgIpc) is 3.14. The summed E-state index contributed by atoms with van der Waals surface area (Å²) in [5.41, 5.74) is 6.03. The fourth-order valence-corrected chi connectivity index (χ4v) is 2.99. The maximum absolute atomic E-state index is 14.2.